The second-order valence-electron chi connectivity index (χ2n) is 3.38. The number of ether oxygens (including phenoxy) is 1. The second kappa shape index (κ2) is 5.81. The van der Waals surface area contributed by atoms with Crippen molar-refractivity contribution in [2.24, 2.45) is 0 Å². The lowest BCUT2D eigenvalue weighted by Gasteiger charge is -2.08. The fraction of sp³-hybridized carbons (Fsp3) is 0.417. The van der Waals surface area contributed by atoms with Crippen molar-refractivity contribution in [2.45, 2.75) is 13.8 Å². The minimum absolute atomic E-state index is 0.217. The summed E-state index contributed by atoms with van der Waals surface area (Å²) in [6.07, 6.45) is 1.99. The lowest BCUT2D eigenvalue weighted by atomic mass is 10.0. The normalized spacial score (nSPS) is 10.1. The number of benzene rings is 1. The Bertz CT molecular complexity index is 347. The number of aryl methyl sites for hydroxylation is 1. The molecule has 0 aromatic heterocycles. The number of thioether (sulfide) groups is 1. The molecule has 1 rings (SSSR count). The average molecular weight is 224 g/mol. The van der Waals surface area contributed by atoms with E-state index in [0.29, 0.717) is 12.2 Å². The van der Waals surface area contributed by atoms with Gasteiger partial charge in [-0.15, -0.1) is 0 Å². The summed E-state index contributed by atoms with van der Waals surface area (Å²) >= 11 is 1.67. The van der Waals surface area contributed by atoms with E-state index in [2.05, 4.69) is 0 Å². The Kier molecular flexibility index (Phi) is 4.69. The third-order valence-electron chi connectivity index (χ3n) is 2.35. The van der Waals surface area contributed by atoms with E-state index in [9.17, 15) is 4.79 Å². The highest BCUT2D eigenvalue weighted by Crippen LogP contribution is 2.13. The van der Waals surface area contributed by atoms with Gasteiger partial charge < -0.3 is 4.74 Å². The molecule has 0 radical (unpaired) electrons. The quantitative estimate of drug-likeness (QED) is 0.581. The predicted octanol–water partition coefficient (Wildman–Crippen LogP) is 2.82. The Morgan fingerprint density at radius 2 is 2.13 bits per heavy atom. The molecule has 0 N–H and O–H groups in total. The summed E-state index contributed by atoms with van der Waals surface area (Å²) in [4.78, 5) is 11.7. The standard InChI is InChI=1S/C12H16O2S/c1-9-5-4-6-11(10(9)2)12(13)14-7-8-15-3/h4-6H,7-8H2,1-3H3. The van der Waals surface area contributed by atoms with E-state index in [1.165, 1.54) is 0 Å². The lowest BCUT2D eigenvalue weighted by Crippen LogP contribution is -2.09. The Hall–Kier alpha value is -0.960. The first-order chi connectivity index (χ1) is 7.16. The number of carbonyl (C=O) groups excluding carboxylic acids is 1. The van der Waals surface area contributed by atoms with Crippen molar-refractivity contribution in [3.63, 3.8) is 0 Å². The van der Waals surface area contributed by atoms with Gasteiger partial charge >= 0.3 is 5.97 Å². The van der Waals surface area contributed by atoms with Crippen LogP contribution in [0.1, 0.15) is 21.5 Å². The Morgan fingerprint density at radius 1 is 1.40 bits per heavy atom. The van der Waals surface area contributed by atoms with Crippen LogP contribution in [-0.4, -0.2) is 24.6 Å². The lowest BCUT2D eigenvalue weighted by molar-refractivity contribution is 0.0529. The molecule has 1 aromatic carbocycles. The maximum Gasteiger partial charge on any atom is 0.338 e. The summed E-state index contributed by atoms with van der Waals surface area (Å²) in [5, 5.41) is 0. The Labute approximate surface area is 95.0 Å². The molecule has 0 aliphatic carbocycles. The van der Waals surface area contributed by atoms with E-state index < -0.39 is 0 Å². The van der Waals surface area contributed by atoms with Gasteiger partial charge in [-0.25, -0.2) is 4.79 Å². The van der Waals surface area contributed by atoms with Crippen molar-refractivity contribution in [1.82, 2.24) is 0 Å². The highest BCUT2D eigenvalue weighted by atomic mass is 32.2. The number of hydrogen-bond donors (Lipinski definition) is 0. The first-order valence-corrected chi connectivity index (χ1v) is 6.28. The van der Waals surface area contributed by atoms with Gasteiger partial charge in [0.2, 0.25) is 0 Å². The summed E-state index contributed by atoms with van der Waals surface area (Å²) < 4.78 is 5.14. The van der Waals surface area contributed by atoms with Crippen LogP contribution in [0.5, 0.6) is 0 Å². The molecule has 0 heterocycles. The zero-order valence-corrected chi connectivity index (χ0v) is 10.2. The van der Waals surface area contributed by atoms with E-state index in [4.69, 9.17) is 4.74 Å². The van der Waals surface area contributed by atoms with Crippen LogP contribution in [-0.2, 0) is 4.74 Å². The molecule has 0 fully saturated rings. The van der Waals surface area contributed by atoms with Crippen LogP contribution >= 0.6 is 11.8 Å². The molecule has 3 heteroatoms. The summed E-state index contributed by atoms with van der Waals surface area (Å²) in [5.41, 5.74) is 2.80. The fourth-order valence-electron chi connectivity index (χ4n) is 1.27. The highest BCUT2D eigenvalue weighted by molar-refractivity contribution is 7.98. The van der Waals surface area contributed by atoms with Crippen molar-refractivity contribution in [2.75, 3.05) is 18.6 Å². The molecule has 0 atom stereocenters. The first kappa shape index (κ1) is 12.1. The Morgan fingerprint density at radius 3 is 2.80 bits per heavy atom. The summed E-state index contributed by atoms with van der Waals surface area (Å²) in [7, 11) is 0. The van der Waals surface area contributed by atoms with E-state index in [1.807, 2.05) is 38.3 Å². The third-order valence-corrected chi connectivity index (χ3v) is 2.92. The van der Waals surface area contributed by atoms with Gasteiger partial charge in [0.25, 0.3) is 0 Å². The minimum atomic E-state index is -0.217. The fourth-order valence-corrected chi connectivity index (χ4v) is 1.52. The minimum Gasteiger partial charge on any atom is -0.461 e. The second-order valence-corrected chi connectivity index (χ2v) is 4.36. The zero-order chi connectivity index (χ0) is 11.3. The van der Waals surface area contributed by atoms with Crippen LogP contribution in [0.3, 0.4) is 0 Å². The number of rotatable bonds is 4. The SMILES string of the molecule is CSCCOC(=O)c1cccc(C)c1C. The van der Waals surface area contributed by atoms with E-state index >= 15 is 0 Å². The summed E-state index contributed by atoms with van der Waals surface area (Å²) in [6.45, 7) is 4.42. The predicted molar refractivity (Wildman–Crippen MR) is 64.6 cm³/mol. The summed E-state index contributed by atoms with van der Waals surface area (Å²) in [6, 6.07) is 5.69. The van der Waals surface area contributed by atoms with E-state index in [1.54, 1.807) is 11.8 Å². The molecule has 0 unspecified atom stereocenters. The van der Waals surface area contributed by atoms with Gasteiger partial charge in [0.05, 0.1) is 5.56 Å². The van der Waals surface area contributed by atoms with Crippen molar-refractivity contribution in [3.8, 4) is 0 Å². The van der Waals surface area contributed by atoms with Crippen molar-refractivity contribution in [3.05, 3.63) is 34.9 Å². The average Bonchev–Trinajstić information content (AvgIpc) is 2.22. The molecule has 1 aromatic rings. The third kappa shape index (κ3) is 3.27. The van der Waals surface area contributed by atoms with Gasteiger partial charge in [-0.1, -0.05) is 12.1 Å². The van der Waals surface area contributed by atoms with Gasteiger partial charge in [-0.2, -0.15) is 11.8 Å². The van der Waals surface area contributed by atoms with Crippen LogP contribution in [0.4, 0.5) is 0 Å². The topological polar surface area (TPSA) is 26.3 Å². The monoisotopic (exact) mass is 224 g/mol. The Balaban J connectivity index is 2.69. The van der Waals surface area contributed by atoms with Crippen LogP contribution in [0.15, 0.2) is 18.2 Å². The molecule has 0 bridgehead atoms. The van der Waals surface area contributed by atoms with E-state index in [-0.39, 0.29) is 5.97 Å². The molecular formula is C12H16O2S. The van der Waals surface area contributed by atoms with Crippen molar-refractivity contribution >= 4 is 17.7 Å². The highest BCUT2D eigenvalue weighted by Gasteiger charge is 2.10. The number of carbonyl (C=O) groups is 1. The van der Waals surface area contributed by atoms with Crippen LogP contribution in [0, 0.1) is 13.8 Å². The zero-order valence-electron chi connectivity index (χ0n) is 9.37. The molecule has 0 amide bonds. The van der Waals surface area contributed by atoms with Gasteiger partial charge in [0.1, 0.15) is 6.61 Å². The largest absolute Gasteiger partial charge is 0.461 e. The van der Waals surface area contributed by atoms with E-state index in [0.717, 1.165) is 16.9 Å². The molecule has 0 spiro atoms. The first-order valence-electron chi connectivity index (χ1n) is 4.89. The molecule has 0 saturated heterocycles. The molecule has 0 aliphatic heterocycles. The van der Waals surface area contributed by atoms with Crippen LogP contribution < -0.4 is 0 Å². The molecular weight excluding hydrogens is 208 g/mol. The van der Waals surface area contributed by atoms with Crippen molar-refractivity contribution < 1.29 is 9.53 Å². The van der Waals surface area contributed by atoms with Crippen LogP contribution in [0.2, 0.25) is 0 Å². The molecule has 0 aliphatic rings. The van der Waals surface area contributed by atoms with Gasteiger partial charge in [-0.3, -0.25) is 0 Å². The molecule has 2 nitrogen and oxygen atoms in total. The molecule has 15 heavy (non-hydrogen) atoms. The number of esters is 1. The number of hydrogen-bond acceptors (Lipinski definition) is 3. The van der Waals surface area contributed by atoms with Gasteiger partial charge in [0, 0.05) is 5.75 Å². The molecule has 0 saturated carbocycles. The maximum atomic E-state index is 11.7. The van der Waals surface area contributed by atoms with Gasteiger partial charge in [0.15, 0.2) is 0 Å². The molecule has 82 valence electrons. The maximum absolute atomic E-state index is 11.7. The smallest absolute Gasteiger partial charge is 0.338 e. The van der Waals surface area contributed by atoms with Crippen molar-refractivity contribution in [1.29, 1.82) is 0 Å². The van der Waals surface area contributed by atoms with Gasteiger partial charge in [-0.05, 0) is 37.3 Å². The summed E-state index contributed by atoms with van der Waals surface area (Å²) in [5.74, 6) is 0.626. The van der Waals surface area contributed by atoms with Crippen LogP contribution in [0.25, 0.3) is 0 Å².